The fourth-order valence-corrected chi connectivity index (χ4v) is 1.26. The van der Waals surface area contributed by atoms with Crippen molar-refractivity contribution < 1.29 is 4.79 Å². The normalized spacial score (nSPS) is 15.2. The fourth-order valence-electron chi connectivity index (χ4n) is 1.26. The molecule has 0 atom stereocenters. The summed E-state index contributed by atoms with van der Waals surface area (Å²) >= 11 is 0. The number of hydrogen-bond acceptors (Lipinski definition) is 3. The monoisotopic (exact) mass is 163 g/mol. The first kappa shape index (κ1) is 7.09. The minimum absolute atomic E-state index is 0.0144. The lowest BCUT2D eigenvalue weighted by atomic mass is 10.1. The summed E-state index contributed by atoms with van der Waals surface area (Å²) in [7, 11) is 0. The standard InChI is InChI=1S/C8H9N3O/c9-6-3-1-5-2-4-7(12)11-8(5)10-6/h1,3H,2,4H2,(H3,9,10,11,12). The Morgan fingerprint density at radius 1 is 1.42 bits per heavy atom. The predicted molar refractivity (Wildman–Crippen MR) is 45.6 cm³/mol. The fraction of sp³-hybridized carbons (Fsp3) is 0.250. The van der Waals surface area contributed by atoms with Crippen LogP contribution in [-0.2, 0) is 11.2 Å². The number of aryl methyl sites for hydroxylation is 1. The van der Waals surface area contributed by atoms with E-state index in [0.717, 1.165) is 12.0 Å². The number of nitrogens with one attached hydrogen (secondary N) is 1. The third-order valence-electron chi connectivity index (χ3n) is 1.88. The van der Waals surface area contributed by atoms with Crippen LogP contribution in [-0.4, -0.2) is 10.9 Å². The maximum absolute atomic E-state index is 10.9. The van der Waals surface area contributed by atoms with Gasteiger partial charge in [-0.2, -0.15) is 0 Å². The van der Waals surface area contributed by atoms with Gasteiger partial charge in [-0.05, 0) is 18.1 Å². The molecule has 0 bridgehead atoms. The van der Waals surface area contributed by atoms with Gasteiger partial charge in [0, 0.05) is 6.42 Å². The number of anilines is 2. The summed E-state index contributed by atoms with van der Waals surface area (Å²) in [4.78, 5) is 15.0. The molecule has 1 aromatic heterocycles. The maximum atomic E-state index is 10.9. The van der Waals surface area contributed by atoms with Crippen LogP contribution < -0.4 is 11.1 Å². The molecular formula is C8H9N3O. The van der Waals surface area contributed by atoms with Gasteiger partial charge in [-0.15, -0.1) is 0 Å². The van der Waals surface area contributed by atoms with E-state index in [1.807, 2.05) is 6.07 Å². The molecule has 12 heavy (non-hydrogen) atoms. The van der Waals surface area contributed by atoms with Gasteiger partial charge >= 0.3 is 0 Å². The van der Waals surface area contributed by atoms with Gasteiger partial charge in [0.15, 0.2) is 0 Å². The summed E-state index contributed by atoms with van der Waals surface area (Å²) in [5, 5.41) is 2.67. The highest BCUT2D eigenvalue weighted by atomic mass is 16.1. The molecule has 2 rings (SSSR count). The molecule has 1 amide bonds. The highest BCUT2D eigenvalue weighted by Crippen LogP contribution is 2.20. The van der Waals surface area contributed by atoms with E-state index in [0.29, 0.717) is 18.1 Å². The van der Waals surface area contributed by atoms with Gasteiger partial charge < -0.3 is 11.1 Å². The lowest BCUT2D eigenvalue weighted by Crippen LogP contribution is -2.20. The molecule has 62 valence electrons. The van der Waals surface area contributed by atoms with Crippen molar-refractivity contribution in [3.8, 4) is 0 Å². The van der Waals surface area contributed by atoms with Crippen LogP contribution in [0.1, 0.15) is 12.0 Å². The lowest BCUT2D eigenvalue weighted by Gasteiger charge is -2.15. The number of fused-ring (bicyclic) bond motifs is 1. The number of carbonyl (C=O) groups is 1. The Labute approximate surface area is 69.8 Å². The summed E-state index contributed by atoms with van der Waals surface area (Å²) in [5.74, 6) is 1.07. The number of nitrogen functional groups attached to an aromatic ring is 1. The van der Waals surface area contributed by atoms with Crippen LogP contribution in [0.15, 0.2) is 12.1 Å². The van der Waals surface area contributed by atoms with Gasteiger partial charge in [0.2, 0.25) is 5.91 Å². The minimum atomic E-state index is 0.0144. The van der Waals surface area contributed by atoms with Gasteiger partial charge in [-0.3, -0.25) is 4.79 Å². The molecule has 1 aliphatic heterocycles. The first-order chi connectivity index (χ1) is 5.75. The second-order valence-electron chi connectivity index (χ2n) is 2.79. The molecule has 1 aliphatic rings. The average molecular weight is 163 g/mol. The Bertz CT molecular complexity index is 335. The highest BCUT2D eigenvalue weighted by Gasteiger charge is 2.15. The molecule has 4 nitrogen and oxygen atoms in total. The van der Waals surface area contributed by atoms with Crippen LogP contribution in [0.5, 0.6) is 0 Å². The summed E-state index contributed by atoms with van der Waals surface area (Å²) in [6.45, 7) is 0. The molecule has 4 heteroatoms. The Morgan fingerprint density at radius 2 is 2.25 bits per heavy atom. The first-order valence-electron chi connectivity index (χ1n) is 3.81. The Kier molecular flexibility index (Phi) is 1.46. The zero-order valence-electron chi connectivity index (χ0n) is 6.50. The lowest BCUT2D eigenvalue weighted by molar-refractivity contribution is -0.116. The van der Waals surface area contributed by atoms with Gasteiger partial charge in [-0.1, -0.05) is 6.07 Å². The van der Waals surface area contributed by atoms with Gasteiger partial charge in [-0.25, -0.2) is 4.98 Å². The third-order valence-corrected chi connectivity index (χ3v) is 1.88. The molecule has 0 aromatic carbocycles. The number of nitrogens with two attached hydrogens (primary N) is 1. The average Bonchev–Trinajstić information content (AvgIpc) is 2.03. The molecule has 0 radical (unpaired) electrons. The number of aromatic nitrogens is 1. The van der Waals surface area contributed by atoms with Gasteiger partial charge in [0.1, 0.15) is 11.6 Å². The number of nitrogens with zero attached hydrogens (tertiary/aromatic N) is 1. The highest BCUT2D eigenvalue weighted by molar-refractivity contribution is 5.92. The Hall–Kier alpha value is -1.58. The molecule has 0 saturated heterocycles. The maximum Gasteiger partial charge on any atom is 0.225 e. The van der Waals surface area contributed by atoms with Crippen LogP contribution >= 0.6 is 0 Å². The molecule has 0 fully saturated rings. The van der Waals surface area contributed by atoms with Crippen LogP contribution in [0.2, 0.25) is 0 Å². The number of rotatable bonds is 0. The van der Waals surface area contributed by atoms with Crippen molar-refractivity contribution in [3.63, 3.8) is 0 Å². The smallest absolute Gasteiger partial charge is 0.225 e. The number of amides is 1. The van der Waals surface area contributed by atoms with Crippen molar-refractivity contribution in [2.45, 2.75) is 12.8 Å². The number of hydrogen-bond donors (Lipinski definition) is 2. The Morgan fingerprint density at radius 3 is 3.08 bits per heavy atom. The molecular weight excluding hydrogens is 154 g/mol. The van der Waals surface area contributed by atoms with Crippen molar-refractivity contribution >= 4 is 17.5 Å². The second-order valence-corrected chi connectivity index (χ2v) is 2.79. The predicted octanol–water partition coefficient (Wildman–Crippen LogP) is 0.548. The summed E-state index contributed by atoms with van der Waals surface area (Å²) in [5.41, 5.74) is 6.52. The van der Waals surface area contributed by atoms with Crippen molar-refractivity contribution in [2.75, 3.05) is 11.1 Å². The van der Waals surface area contributed by atoms with Crippen LogP contribution in [0.4, 0.5) is 11.6 Å². The zero-order valence-corrected chi connectivity index (χ0v) is 6.50. The van der Waals surface area contributed by atoms with Crippen LogP contribution in [0.3, 0.4) is 0 Å². The van der Waals surface area contributed by atoms with E-state index >= 15 is 0 Å². The molecule has 0 spiro atoms. The van der Waals surface area contributed by atoms with Crippen LogP contribution in [0, 0.1) is 0 Å². The molecule has 0 aliphatic carbocycles. The largest absolute Gasteiger partial charge is 0.384 e. The summed E-state index contributed by atoms with van der Waals surface area (Å²) < 4.78 is 0. The minimum Gasteiger partial charge on any atom is -0.384 e. The van der Waals surface area contributed by atoms with E-state index in [1.165, 1.54) is 0 Å². The number of carbonyl (C=O) groups excluding carboxylic acids is 1. The van der Waals surface area contributed by atoms with Crippen LogP contribution in [0.25, 0.3) is 0 Å². The molecule has 0 saturated carbocycles. The SMILES string of the molecule is Nc1ccc2c(n1)NC(=O)CC2. The quantitative estimate of drug-likeness (QED) is 0.586. The Balaban J connectivity index is 2.44. The third kappa shape index (κ3) is 1.11. The number of pyridine rings is 1. The van der Waals surface area contributed by atoms with E-state index in [9.17, 15) is 4.79 Å². The van der Waals surface area contributed by atoms with Crippen molar-refractivity contribution in [3.05, 3.63) is 17.7 Å². The van der Waals surface area contributed by atoms with E-state index in [4.69, 9.17) is 5.73 Å². The molecule has 2 heterocycles. The zero-order chi connectivity index (χ0) is 8.55. The van der Waals surface area contributed by atoms with Crippen molar-refractivity contribution in [1.82, 2.24) is 4.98 Å². The van der Waals surface area contributed by atoms with Crippen molar-refractivity contribution in [2.24, 2.45) is 0 Å². The topological polar surface area (TPSA) is 68.0 Å². The van der Waals surface area contributed by atoms with Gasteiger partial charge in [0.05, 0.1) is 0 Å². The second kappa shape index (κ2) is 2.48. The van der Waals surface area contributed by atoms with E-state index in [-0.39, 0.29) is 5.91 Å². The molecule has 0 unspecified atom stereocenters. The summed E-state index contributed by atoms with van der Waals surface area (Å²) in [6, 6.07) is 3.65. The first-order valence-corrected chi connectivity index (χ1v) is 3.81. The van der Waals surface area contributed by atoms with Gasteiger partial charge in [0.25, 0.3) is 0 Å². The summed E-state index contributed by atoms with van der Waals surface area (Å²) in [6.07, 6.45) is 1.30. The van der Waals surface area contributed by atoms with Crippen molar-refractivity contribution in [1.29, 1.82) is 0 Å². The molecule has 1 aromatic rings. The van der Waals surface area contributed by atoms with E-state index < -0.39 is 0 Å². The molecule has 3 N–H and O–H groups in total. The van der Waals surface area contributed by atoms with E-state index in [2.05, 4.69) is 10.3 Å². The van der Waals surface area contributed by atoms with E-state index in [1.54, 1.807) is 6.07 Å².